The molecule has 0 unspecified atom stereocenters. The van der Waals surface area contributed by atoms with E-state index in [-0.39, 0.29) is 18.0 Å². The van der Waals surface area contributed by atoms with Crippen LogP contribution in [-0.4, -0.2) is 6.61 Å². The number of rotatable bonds is 5. The second-order valence-electron chi connectivity index (χ2n) is 4.71. The molecule has 0 aliphatic heterocycles. The fraction of sp³-hybridized carbons (Fsp3) is 0.188. The quantitative estimate of drug-likeness (QED) is 0.795. The number of halogens is 5. The fourth-order valence-electron chi connectivity index (χ4n) is 2.04. The fourth-order valence-corrected chi connectivity index (χ4v) is 2.04. The number of hydrogen-bond donors (Lipinski definition) is 1. The summed E-state index contributed by atoms with van der Waals surface area (Å²) in [7, 11) is 0. The predicted molar refractivity (Wildman–Crippen MR) is 76.6 cm³/mol. The van der Waals surface area contributed by atoms with Gasteiger partial charge < -0.3 is 10.1 Å². The lowest BCUT2D eigenvalue weighted by molar-refractivity contribution is -0.137. The van der Waals surface area contributed by atoms with Gasteiger partial charge in [0.2, 0.25) is 0 Å². The Hall–Kier alpha value is -2.82. The molecule has 24 heavy (non-hydrogen) atoms. The number of para-hydroxylation sites is 1. The number of nitrogens with one attached hydrogen (secondary N) is 1. The highest BCUT2D eigenvalue weighted by Gasteiger charge is 2.33. The molecule has 0 heterocycles. The van der Waals surface area contributed by atoms with Crippen LogP contribution >= 0.6 is 0 Å². The van der Waals surface area contributed by atoms with Crippen molar-refractivity contribution >= 4 is 5.69 Å². The highest BCUT2D eigenvalue weighted by molar-refractivity contribution is 5.53. The standard InChI is InChI=1S/C16H11F5N2O/c17-15(18)24-14-4-2-1-3-11(14)9-23-12-6-5-10(8-22)13(7-12)16(19,20)21/h1-7,15,23H,9H2. The molecule has 0 saturated heterocycles. The van der Waals surface area contributed by atoms with Crippen molar-refractivity contribution < 1.29 is 26.7 Å². The minimum absolute atomic E-state index is 0.0217. The van der Waals surface area contributed by atoms with Crippen molar-refractivity contribution in [3.63, 3.8) is 0 Å². The highest BCUT2D eigenvalue weighted by Crippen LogP contribution is 2.33. The van der Waals surface area contributed by atoms with Gasteiger partial charge in [0.1, 0.15) is 5.75 Å². The molecule has 2 aromatic carbocycles. The normalized spacial score (nSPS) is 11.2. The topological polar surface area (TPSA) is 45.0 Å². The molecule has 2 rings (SSSR count). The van der Waals surface area contributed by atoms with E-state index < -0.39 is 23.9 Å². The third-order valence-electron chi connectivity index (χ3n) is 3.12. The van der Waals surface area contributed by atoms with Crippen LogP contribution in [0.2, 0.25) is 0 Å². The Labute approximate surface area is 134 Å². The third kappa shape index (κ3) is 4.35. The second-order valence-corrected chi connectivity index (χ2v) is 4.71. The van der Waals surface area contributed by atoms with E-state index in [1.807, 2.05) is 0 Å². The van der Waals surface area contributed by atoms with Crippen LogP contribution in [-0.2, 0) is 12.7 Å². The van der Waals surface area contributed by atoms with E-state index in [1.165, 1.54) is 30.3 Å². The van der Waals surface area contributed by atoms with Crippen LogP contribution < -0.4 is 10.1 Å². The number of nitrogens with zero attached hydrogens (tertiary/aromatic N) is 1. The molecule has 0 spiro atoms. The molecule has 1 N–H and O–H groups in total. The van der Waals surface area contributed by atoms with Gasteiger partial charge in [-0.15, -0.1) is 0 Å². The second kappa shape index (κ2) is 7.17. The number of anilines is 1. The zero-order valence-electron chi connectivity index (χ0n) is 12.1. The van der Waals surface area contributed by atoms with Crippen molar-refractivity contribution in [1.82, 2.24) is 0 Å². The van der Waals surface area contributed by atoms with E-state index >= 15 is 0 Å². The molecule has 0 fully saturated rings. The maximum atomic E-state index is 12.9. The Kier molecular flexibility index (Phi) is 5.24. The first kappa shape index (κ1) is 17.5. The van der Waals surface area contributed by atoms with Crippen LogP contribution in [0.15, 0.2) is 42.5 Å². The molecule has 2 aromatic rings. The summed E-state index contributed by atoms with van der Waals surface area (Å²) in [6.07, 6.45) is -4.67. The Bertz CT molecular complexity index is 753. The van der Waals surface area contributed by atoms with E-state index in [4.69, 9.17) is 5.26 Å². The van der Waals surface area contributed by atoms with Crippen molar-refractivity contribution in [3.8, 4) is 11.8 Å². The van der Waals surface area contributed by atoms with Crippen molar-refractivity contribution in [1.29, 1.82) is 5.26 Å². The van der Waals surface area contributed by atoms with Gasteiger partial charge in [0.15, 0.2) is 0 Å². The first-order chi connectivity index (χ1) is 11.3. The van der Waals surface area contributed by atoms with Crippen molar-refractivity contribution in [2.45, 2.75) is 19.3 Å². The lowest BCUT2D eigenvalue weighted by Gasteiger charge is -2.14. The van der Waals surface area contributed by atoms with Crippen molar-refractivity contribution in [2.24, 2.45) is 0 Å². The van der Waals surface area contributed by atoms with E-state index in [2.05, 4.69) is 10.1 Å². The van der Waals surface area contributed by atoms with Crippen molar-refractivity contribution in [3.05, 3.63) is 59.2 Å². The maximum Gasteiger partial charge on any atom is 0.417 e. The lowest BCUT2D eigenvalue weighted by atomic mass is 10.1. The molecular weight excluding hydrogens is 331 g/mol. The summed E-state index contributed by atoms with van der Waals surface area (Å²) >= 11 is 0. The predicted octanol–water partition coefficient (Wildman–Crippen LogP) is 4.79. The molecule has 3 nitrogen and oxygen atoms in total. The first-order valence-electron chi connectivity index (χ1n) is 6.69. The van der Waals surface area contributed by atoms with Gasteiger partial charge in [0.05, 0.1) is 17.2 Å². The first-order valence-corrected chi connectivity index (χ1v) is 6.69. The van der Waals surface area contributed by atoms with Crippen molar-refractivity contribution in [2.75, 3.05) is 5.32 Å². The molecule has 126 valence electrons. The molecule has 0 bridgehead atoms. The van der Waals surface area contributed by atoms with Crippen LogP contribution in [0.3, 0.4) is 0 Å². The Balaban J connectivity index is 2.20. The SMILES string of the molecule is N#Cc1ccc(NCc2ccccc2OC(F)F)cc1C(F)(F)F. The summed E-state index contributed by atoms with van der Waals surface area (Å²) < 4.78 is 67.7. The third-order valence-corrected chi connectivity index (χ3v) is 3.12. The zero-order valence-corrected chi connectivity index (χ0v) is 12.1. The molecule has 0 aromatic heterocycles. The van der Waals surface area contributed by atoms with Crippen LogP contribution in [0, 0.1) is 11.3 Å². The van der Waals surface area contributed by atoms with E-state index in [0.717, 1.165) is 12.1 Å². The average Bonchev–Trinajstić information content (AvgIpc) is 2.52. The largest absolute Gasteiger partial charge is 0.434 e. The van der Waals surface area contributed by atoms with Gasteiger partial charge in [0.25, 0.3) is 0 Å². The molecule has 0 aliphatic rings. The number of benzene rings is 2. The van der Waals surface area contributed by atoms with E-state index in [1.54, 1.807) is 6.07 Å². The van der Waals surface area contributed by atoms with E-state index in [0.29, 0.717) is 5.56 Å². The van der Waals surface area contributed by atoms with Crippen LogP contribution in [0.4, 0.5) is 27.6 Å². The molecule has 0 atom stereocenters. The van der Waals surface area contributed by atoms with Crippen LogP contribution in [0.1, 0.15) is 16.7 Å². The summed E-state index contributed by atoms with van der Waals surface area (Å²) in [5.74, 6) is -0.0651. The lowest BCUT2D eigenvalue weighted by Crippen LogP contribution is -2.10. The van der Waals surface area contributed by atoms with Gasteiger partial charge in [-0.2, -0.15) is 27.2 Å². The smallest absolute Gasteiger partial charge is 0.417 e. The van der Waals surface area contributed by atoms with Gasteiger partial charge in [0, 0.05) is 17.8 Å². The minimum Gasteiger partial charge on any atom is -0.434 e. The van der Waals surface area contributed by atoms with E-state index in [9.17, 15) is 22.0 Å². The summed E-state index contributed by atoms with van der Waals surface area (Å²) in [6.45, 7) is -3.02. The minimum atomic E-state index is -4.67. The van der Waals surface area contributed by atoms with Gasteiger partial charge in [-0.25, -0.2) is 0 Å². The molecular formula is C16H11F5N2O. The summed E-state index contributed by atoms with van der Waals surface area (Å²) in [5, 5.41) is 11.4. The van der Waals surface area contributed by atoms with Gasteiger partial charge in [-0.05, 0) is 24.3 Å². The monoisotopic (exact) mass is 342 g/mol. The molecule has 0 radical (unpaired) electrons. The number of alkyl halides is 5. The number of ether oxygens (including phenoxy) is 1. The van der Waals surface area contributed by atoms with Crippen LogP contribution in [0.25, 0.3) is 0 Å². The maximum absolute atomic E-state index is 12.9. The Morgan fingerprint density at radius 2 is 1.83 bits per heavy atom. The number of nitriles is 1. The average molecular weight is 342 g/mol. The van der Waals surface area contributed by atoms with Crippen LogP contribution in [0.5, 0.6) is 5.75 Å². The summed E-state index contributed by atoms with van der Waals surface area (Å²) in [4.78, 5) is 0. The number of hydrogen-bond acceptors (Lipinski definition) is 3. The molecule has 0 saturated carbocycles. The molecule has 0 aliphatic carbocycles. The molecule has 0 amide bonds. The Morgan fingerprint density at radius 1 is 1.12 bits per heavy atom. The van der Waals surface area contributed by atoms with Gasteiger partial charge >= 0.3 is 12.8 Å². The Morgan fingerprint density at radius 3 is 2.46 bits per heavy atom. The van der Waals surface area contributed by atoms with Gasteiger partial charge in [-0.1, -0.05) is 18.2 Å². The zero-order chi connectivity index (χ0) is 17.7. The summed E-state index contributed by atoms with van der Waals surface area (Å²) in [6, 6.07) is 10.6. The van der Waals surface area contributed by atoms with Gasteiger partial charge in [-0.3, -0.25) is 0 Å². The summed E-state index contributed by atoms with van der Waals surface area (Å²) in [5.41, 5.74) is -1.09. The molecule has 8 heteroatoms. The highest BCUT2D eigenvalue weighted by atomic mass is 19.4.